The van der Waals surface area contributed by atoms with Gasteiger partial charge in [-0.3, -0.25) is 9.69 Å². The highest BCUT2D eigenvalue weighted by atomic mass is 19.4. The maximum absolute atomic E-state index is 13.0. The van der Waals surface area contributed by atoms with Crippen LogP contribution in [0.15, 0.2) is 30.3 Å². The first-order chi connectivity index (χ1) is 10.2. The van der Waals surface area contributed by atoms with Crippen molar-refractivity contribution in [1.82, 2.24) is 9.80 Å². The molecule has 22 heavy (non-hydrogen) atoms. The fraction of sp³-hybridized carbons (Fsp3) is 0.533. The lowest BCUT2D eigenvalue weighted by atomic mass is 10.0. The summed E-state index contributed by atoms with van der Waals surface area (Å²) < 4.78 is 38.9. The van der Waals surface area contributed by atoms with Crippen LogP contribution in [-0.4, -0.2) is 59.8 Å². The van der Waals surface area contributed by atoms with Crippen LogP contribution in [0.25, 0.3) is 0 Å². The van der Waals surface area contributed by atoms with E-state index in [4.69, 9.17) is 0 Å². The van der Waals surface area contributed by atoms with Crippen molar-refractivity contribution in [2.75, 3.05) is 27.2 Å². The summed E-state index contributed by atoms with van der Waals surface area (Å²) in [5.41, 5.74) is -2.14. The number of β-amino-alcohol motifs (C(OH)–C–C–N with tert-alkyl or cyclic N) is 1. The Labute approximate surface area is 127 Å². The Hall–Kier alpha value is -1.60. The number of hydrogen-bond acceptors (Lipinski definition) is 3. The maximum atomic E-state index is 13.0. The summed E-state index contributed by atoms with van der Waals surface area (Å²) in [5.74, 6) is -0.308. The van der Waals surface area contributed by atoms with Crippen molar-refractivity contribution in [3.05, 3.63) is 35.9 Å². The van der Waals surface area contributed by atoms with E-state index in [-0.39, 0.29) is 12.5 Å². The summed E-state index contributed by atoms with van der Waals surface area (Å²) in [6.45, 7) is -0.592. The SMILES string of the molecule is CN(C)C(=O)[C@H](c1ccccc1)N1CC[C@@](O)(C(F)(F)F)C1. The molecule has 0 radical (unpaired) electrons. The highest BCUT2D eigenvalue weighted by Crippen LogP contribution is 2.40. The van der Waals surface area contributed by atoms with E-state index in [2.05, 4.69) is 0 Å². The molecule has 0 spiro atoms. The molecule has 7 heteroatoms. The summed E-state index contributed by atoms with van der Waals surface area (Å²) in [6, 6.07) is 7.83. The van der Waals surface area contributed by atoms with Crippen molar-refractivity contribution in [3.8, 4) is 0 Å². The van der Waals surface area contributed by atoms with Crippen LogP contribution < -0.4 is 0 Å². The molecular formula is C15H19F3N2O2. The number of likely N-dealkylation sites (tertiary alicyclic amines) is 1. The van der Waals surface area contributed by atoms with Crippen molar-refractivity contribution in [2.45, 2.75) is 24.2 Å². The Morgan fingerprint density at radius 2 is 1.91 bits per heavy atom. The van der Waals surface area contributed by atoms with Gasteiger partial charge in [0, 0.05) is 27.2 Å². The van der Waals surface area contributed by atoms with Crippen molar-refractivity contribution in [3.63, 3.8) is 0 Å². The third-order valence-electron chi connectivity index (χ3n) is 3.96. The van der Waals surface area contributed by atoms with Gasteiger partial charge < -0.3 is 10.0 Å². The quantitative estimate of drug-likeness (QED) is 0.925. The molecule has 122 valence electrons. The van der Waals surface area contributed by atoms with Crippen LogP contribution in [0.5, 0.6) is 0 Å². The predicted molar refractivity (Wildman–Crippen MR) is 75.1 cm³/mol. The highest BCUT2D eigenvalue weighted by Gasteiger charge is 2.58. The Morgan fingerprint density at radius 3 is 2.36 bits per heavy atom. The number of amides is 1. The zero-order chi connectivity index (χ0) is 16.5. The van der Waals surface area contributed by atoms with E-state index >= 15 is 0 Å². The second-order valence-corrected chi connectivity index (χ2v) is 5.80. The molecule has 2 atom stereocenters. The number of aliphatic hydroxyl groups is 1. The molecule has 1 aliphatic rings. The maximum Gasteiger partial charge on any atom is 0.418 e. The van der Waals surface area contributed by atoms with Gasteiger partial charge in [0.05, 0.1) is 0 Å². The molecule has 1 aliphatic heterocycles. The molecule has 1 amide bonds. The van der Waals surface area contributed by atoms with Crippen molar-refractivity contribution < 1.29 is 23.1 Å². The number of alkyl halides is 3. The fourth-order valence-corrected chi connectivity index (χ4v) is 2.66. The van der Waals surface area contributed by atoms with Gasteiger partial charge >= 0.3 is 6.18 Å². The lowest BCUT2D eigenvalue weighted by molar-refractivity contribution is -0.254. The Kier molecular flexibility index (Phi) is 4.49. The van der Waals surface area contributed by atoms with E-state index in [0.29, 0.717) is 5.56 Å². The minimum absolute atomic E-state index is 0.00908. The minimum atomic E-state index is -4.70. The van der Waals surface area contributed by atoms with E-state index in [1.807, 2.05) is 0 Å². The third kappa shape index (κ3) is 3.10. The number of carbonyl (C=O) groups is 1. The van der Waals surface area contributed by atoms with Crippen LogP contribution in [0.1, 0.15) is 18.0 Å². The lowest BCUT2D eigenvalue weighted by Gasteiger charge is -2.31. The van der Waals surface area contributed by atoms with E-state index in [1.165, 1.54) is 9.80 Å². The molecule has 0 aromatic heterocycles. The first kappa shape index (κ1) is 16.8. The summed E-state index contributed by atoms with van der Waals surface area (Å²) in [6.07, 6.45) is -5.13. The van der Waals surface area contributed by atoms with E-state index in [9.17, 15) is 23.1 Å². The molecular weight excluding hydrogens is 297 g/mol. The van der Waals surface area contributed by atoms with Gasteiger partial charge in [-0.05, 0) is 12.0 Å². The molecule has 0 saturated carbocycles. The number of halogens is 3. The number of likely N-dealkylation sites (N-methyl/N-ethyl adjacent to an activating group) is 1. The van der Waals surface area contributed by atoms with Crippen LogP contribution in [0, 0.1) is 0 Å². The number of carbonyl (C=O) groups excluding carboxylic acids is 1. The smallest absolute Gasteiger partial charge is 0.379 e. The second kappa shape index (κ2) is 5.89. The minimum Gasteiger partial charge on any atom is -0.379 e. The molecule has 2 rings (SSSR count). The predicted octanol–water partition coefficient (Wildman–Crippen LogP) is 1.81. The molecule has 1 saturated heterocycles. The van der Waals surface area contributed by atoms with Gasteiger partial charge in [0.1, 0.15) is 6.04 Å². The first-order valence-electron chi connectivity index (χ1n) is 6.95. The van der Waals surface area contributed by atoms with Crippen molar-refractivity contribution in [2.24, 2.45) is 0 Å². The largest absolute Gasteiger partial charge is 0.418 e. The molecule has 1 aromatic carbocycles. The van der Waals surface area contributed by atoms with E-state index in [0.717, 1.165) is 0 Å². The number of nitrogens with zero attached hydrogens (tertiary/aromatic N) is 2. The van der Waals surface area contributed by atoms with E-state index < -0.39 is 30.8 Å². The monoisotopic (exact) mass is 316 g/mol. The van der Waals surface area contributed by atoms with Crippen LogP contribution in [0.2, 0.25) is 0 Å². The normalized spacial score (nSPS) is 24.3. The van der Waals surface area contributed by atoms with Gasteiger partial charge in [0.25, 0.3) is 0 Å². The summed E-state index contributed by atoms with van der Waals surface area (Å²) in [5, 5.41) is 9.82. The van der Waals surface area contributed by atoms with Gasteiger partial charge in [-0.25, -0.2) is 0 Å². The Bertz CT molecular complexity index is 533. The van der Waals surface area contributed by atoms with Crippen molar-refractivity contribution in [1.29, 1.82) is 0 Å². The zero-order valence-corrected chi connectivity index (χ0v) is 12.5. The van der Waals surface area contributed by atoms with Gasteiger partial charge in [0.2, 0.25) is 5.91 Å². The molecule has 4 nitrogen and oxygen atoms in total. The van der Waals surface area contributed by atoms with Crippen LogP contribution in [-0.2, 0) is 4.79 Å². The topological polar surface area (TPSA) is 43.8 Å². The Morgan fingerprint density at radius 1 is 1.32 bits per heavy atom. The lowest BCUT2D eigenvalue weighted by Crippen LogP contribution is -2.48. The zero-order valence-electron chi connectivity index (χ0n) is 12.5. The average Bonchev–Trinajstić information content (AvgIpc) is 2.83. The Balaban J connectivity index is 2.31. The van der Waals surface area contributed by atoms with Crippen LogP contribution in [0.3, 0.4) is 0 Å². The third-order valence-corrected chi connectivity index (χ3v) is 3.96. The summed E-state index contributed by atoms with van der Waals surface area (Å²) in [7, 11) is 3.12. The molecule has 0 unspecified atom stereocenters. The number of rotatable bonds is 3. The number of benzene rings is 1. The van der Waals surface area contributed by atoms with Crippen molar-refractivity contribution >= 4 is 5.91 Å². The molecule has 1 fully saturated rings. The molecule has 1 aromatic rings. The van der Waals surface area contributed by atoms with Gasteiger partial charge in [0.15, 0.2) is 5.60 Å². The summed E-state index contributed by atoms with van der Waals surface area (Å²) >= 11 is 0. The van der Waals surface area contributed by atoms with Gasteiger partial charge in [-0.1, -0.05) is 30.3 Å². The molecule has 0 bridgehead atoms. The standard InChI is InChI=1S/C15H19F3N2O2/c1-19(2)13(21)12(11-6-4-3-5-7-11)20-9-8-14(22,10-20)15(16,17)18/h3-7,12,22H,8-10H2,1-2H3/t12-,14-/m0/s1. The average molecular weight is 316 g/mol. The first-order valence-corrected chi connectivity index (χ1v) is 6.95. The van der Waals surface area contributed by atoms with Gasteiger partial charge in [-0.15, -0.1) is 0 Å². The number of hydrogen-bond donors (Lipinski definition) is 1. The highest BCUT2D eigenvalue weighted by molar-refractivity contribution is 5.83. The molecule has 0 aliphatic carbocycles. The molecule has 1 heterocycles. The summed E-state index contributed by atoms with van der Waals surface area (Å²) in [4.78, 5) is 15.2. The second-order valence-electron chi connectivity index (χ2n) is 5.80. The van der Waals surface area contributed by atoms with E-state index in [1.54, 1.807) is 44.4 Å². The van der Waals surface area contributed by atoms with Gasteiger partial charge in [-0.2, -0.15) is 13.2 Å². The van der Waals surface area contributed by atoms with Crippen LogP contribution in [0.4, 0.5) is 13.2 Å². The molecule has 1 N–H and O–H groups in total. The van der Waals surface area contributed by atoms with Crippen LogP contribution >= 0.6 is 0 Å². The fourth-order valence-electron chi connectivity index (χ4n) is 2.66.